The lowest BCUT2D eigenvalue weighted by atomic mass is 9.90. The van der Waals surface area contributed by atoms with Gasteiger partial charge >= 0.3 is 5.97 Å². The van der Waals surface area contributed by atoms with Gasteiger partial charge in [0.25, 0.3) is 0 Å². The van der Waals surface area contributed by atoms with Gasteiger partial charge in [-0.25, -0.2) is 4.79 Å². The van der Waals surface area contributed by atoms with E-state index >= 15 is 0 Å². The van der Waals surface area contributed by atoms with E-state index in [4.69, 9.17) is 4.74 Å². The Bertz CT molecular complexity index is 911. The van der Waals surface area contributed by atoms with Crippen molar-refractivity contribution in [2.45, 2.75) is 13.8 Å². The third-order valence-electron chi connectivity index (χ3n) is 4.07. The lowest BCUT2D eigenvalue weighted by Gasteiger charge is -2.14. The summed E-state index contributed by atoms with van der Waals surface area (Å²) in [5.41, 5.74) is 2.25. The van der Waals surface area contributed by atoms with Gasteiger partial charge in [0.2, 0.25) is 0 Å². The van der Waals surface area contributed by atoms with Crippen LogP contribution in [-0.4, -0.2) is 18.4 Å². The topological polar surface area (TPSA) is 43.4 Å². The fraction of sp³-hybridized carbons (Fsp3) is 0.143. The first-order valence-electron chi connectivity index (χ1n) is 7.92. The molecule has 120 valence electrons. The number of ether oxygens (including phenoxy) is 1. The van der Waals surface area contributed by atoms with Crippen molar-refractivity contribution >= 4 is 22.5 Å². The van der Waals surface area contributed by atoms with Gasteiger partial charge in [0.1, 0.15) is 0 Å². The molecule has 3 aromatic carbocycles. The van der Waals surface area contributed by atoms with Gasteiger partial charge in [-0.3, -0.25) is 4.79 Å². The molecule has 0 fully saturated rings. The molecular weight excluding hydrogens is 300 g/mol. The number of fused-ring (bicyclic) bond motifs is 1. The molecule has 0 aliphatic carbocycles. The maximum atomic E-state index is 13.1. The molecule has 0 unspecified atom stereocenters. The molecule has 0 saturated carbocycles. The normalized spacial score (nSPS) is 10.6. The number of ketones is 1. The van der Waals surface area contributed by atoms with Gasteiger partial charge in [-0.2, -0.15) is 0 Å². The molecule has 0 amide bonds. The summed E-state index contributed by atoms with van der Waals surface area (Å²) >= 11 is 0. The molecule has 3 rings (SSSR count). The van der Waals surface area contributed by atoms with Gasteiger partial charge in [-0.15, -0.1) is 0 Å². The van der Waals surface area contributed by atoms with E-state index in [2.05, 4.69) is 0 Å². The van der Waals surface area contributed by atoms with Crippen molar-refractivity contribution in [2.75, 3.05) is 6.61 Å². The molecule has 24 heavy (non-hydrogen) atoms. The number of hydrogen-bond donors (Lipinski definition) is 0. The van der Waals surface area contributed by atoms with E-state index in [0.717, 1.165) is 10.8 Å². The van der Waals surface area contributed by atoms with Crippen LogP contribution in [0.25, 0.3) is 10.8 Å². The zero-order valence-electron chi connectivity index (χ0n) is 13.7. The first-order valence-corrected chi connectivity index (χ1v) is 7.92. The summed E-state index contributed by atoms with van der Waals surface area (Å²) in [4.78, 5) is 25.3. The summed E-state index contributed by atoms with van der Waals surface area (Å²) in [5.74, 6) is -0.488. The van der Waals surface area contributed by atoms with E-state index in [-0.39, 0.29) is 5.78 Å². The number of benzene rings is 3. The monoisotopic (exact) mass is 318 g/mol. The molecule has 0 aliphatic rings. The van der Waals surface area contributed by atoms with Crippen molar-refractivity contribution in [2.24, 2.45) is 0 Å². The van der Waals surface area contributed by atoms with Crippen LogP contribution in [0.2, 0.25) is 0 Å². The molecule has 0 aliphatic heterocycles. The molecule has 0 radical (unpaired) electrons. The van der Waals surface area contributed by atoms with Gasteiger partial charge in [0.05, 0.1) is 12.2 Å². The Kier molecular flexibility index (Phi) is 4.43. The van der Waals surface area contributed by atoms with Crippen molar-refractivity contribution in [3.8, 4) is 0 Å². The van der Waals surface area contributed by atoms with Crippen LogP contribution in [0.15, 0.2) is 60.7 Å². The second-order valence-corrected chi connectivity index (χ2v) is 5.56. The first kappa shape index (κ1) is 15.9. The van der Waals surface area contributed by atoms with E-state index in [9.17, 15) is 9.59 Å². The third kappa shape index (κ3) is 2.81. The highest BCUT2D eigenvalue weighted by atomic mass is 16.5. The predicted molar refractivity (Wildman–Crippen MR) is 94.5 cm³/mol. The minimum atomic E-state index is -0.400. The van der Waals surface area contributed by atoms with E-state index in [1.165, 1.54) is 0 Å². The predicted octanol–water partition coefficient (Wildman–Crippen LogP) is 4.56. The Morgan fingerprint density at radius 3 is 2.33 bits per heavy atom. The Morgan fingerprint density at radius 2 is 1.62 bits per heavy atom. The van der Waals surface area contributed by atoms with Crippen molar-refractivity contribution in [1.82, 2.24) is 0 Å². The minimum absolute atomic E-state index is 0.0875. The first-order chi connectivity index (χ1) is 11.6. The quantitative estimate of drug-likeness (QED) is 0.523. The zero-order valence-corrected chi connectivity index (χ0v) is 13.7. The van der Waals surface area contributed by atoms with E-state index in [0.29, 0.717) is 28.9 Å². The van der Waals surface area contributed by atoms with Gasteiger partial charge in [0, 0.05) is 11.1 Å². The molecular formula is C21H18O3. The maximum Gasteiger partial charge on any atom is 0.338 e. The highest BCUT2D eigenvalue weighted by molar-refractivity contribution is 6.19. The van der Waals surface area contributed by atoms with Gasteiger partial charge in [-0.05, 0) is 36.2 Å². The molecule has 0 bridgehead atoms. The fourth-order valence-electron chi connectivity index (χ4n) is 2.90. The van der Waals surface area contributed by atoms with E-state index < -0.39 is 5.97 Å². The SMILES string of the molecule is CCOC(=O)c1cc2ccccc2c(C(=O)c2ccccc2)c1C. The van der Waals surface area contributed by atoms with Gasteiger partial charge in [0.15, 0.2) is 5.78 Å². The molecule has 3 aromatic rings. The molecule has 3 nitrogen and oxygen atoms in total. The average Bonchev–Trinajstić information content (AvgIpc) is 2.61. The fourth-order valence-corrected chi connectivity index (χ4v) is 2.90. The van der Waals surface area contributed by atoms with E-state index in [1.807, 2.05) is 42.5 Å². The lowest BCUT2D eigenvalue weighted by Crippen LogP contribution is -2.12. The van der Waals surface area contributed by atoms with Gasteiger partial charge < -0.3 is 4.74 Å². The highest BCUT2D eigenvalue weighted by Crippen LogP contribution is 2.28. The smallest absolute Gasteiger partial charge is 0.338 e. The van der Waals surface area contributed by atoms with Crippen molar-refractivity contribution in [3.05, 3.63) is 82.9 Å². The summed E-state index contributed by atoms with van der Waals surface area (Å²) in [6.07, 6.45) is 0. The third-order valence-corrected chi connectivity index (χ3v) is 4.07. The lowest BCUT2D eigenvalue weighted by molar-refractivity contribution is 0.0525. The number of esters is 1. The van der Waals surface area contributed by atoms with Crippen molar-refractivity contribution in [1.29, 1.82) is 0 Å². The standard InChI is InChI=1S/C21H18O3/c1-3-24-21(23)18-13-16-11-7-8-12-17(16)19(14(18)2)20(22)15-9-5-4-6-10-15/h4-13H,3H2,1-2H3. The number of rotatable bonds is 4. The number of carbonyl (C=O) groups excluding carboxylic acids is 2. The average molecular weight is 318 g/mol. The van der Waals surface area contributed by atoms with Crippen LogP contribution in [0.1, 0.15) is 38.8 Å². The van der Waals surface area contributed by atoms with Crippen LogP contribution in [-0.2, 0) is 4.74 Å². The zero-order chi connectivity index (χ0) is 17.1. The van der Waals surface area contributed by atoms with Crippen molar-refractivity contribution < 1.29 is 14.3 Å². The summed E-state index contributed by atoms with van der Waals surface area (Å²) in [6, 6.07) is 18.5. The van der Waals surface area contributed by atoms with E-state index in [1.54, 1.807) is 32.0 Å². The highest BCUT2D eigenvalue weighted by Gasteiger charge is 2.21. The Hall–Kier alpha value is -2.94. The van der Waals surface area contributed by atoms with Crippen LogP contribution >= 0.6 is 0 Å². The Balaban J connectivity index is 2.27. The largest absolute Gasteiger partial charge is 0.462 e. The number of carbonyl (C=O) groups is 2. The summed E-state index contributed by atoms with van der Waals surface area (Å²) < 4.78 is 5.15. The number of hydrogen-bond acceptors (Lipinski definition) is 3. The summed E-state index contributed by atoms with van der Waals surface area (Å²) in [6.45, 7) is 3.87. The van der Waals surface area contributed by atoms with Gasteiger partial charge in [-0.1, -0.05) is 54.6 Å². The molecule has 0 aromatic heterocycles. The van der Waals surface area contributed by atoms with Crippen LogP contribution in [0.3, 0.4) is 0 Å². The Labute approximate surface area is 140 Å². The van der Waals surface area contributed by atoms with Crippen LogP contribution in [0.4, 0.5) is 0 Å². The summed E-state index contributed by atoms with van der Waals surface area (Å²) in [5, 5.41) is 1.70. The molecule has 0 N–H and O–H groups in total. The van der Waals surface area contributed by atoms with Crippen LogP contribution < -0.4 is 0 Å². The minimum Gasteiger partial charge on any atom is -0.462 e. The molecule has 3 heteroatoms. The van der Waals surface area contributed by atoms with Crippen LogP contribution in [0.5, 0.6) is 0 Å². The molecule has 0 saturated heterocycles. The molecule has 0 heterocycles. The van der Waals surface area contributed by atoms with Crippen molar-refractivity contribution in [3.63, 3.8) is 0 Å². The second-order valence-electron chi connectivity index (χ2n) is 5.56. The summed E-state index contributed by atoms with van der Waals surface area (Å²) in [7, 11) is 0. The molecule has 0 spiro atoms. The second kappa shape index (κ2) is 6.67. The molecule has 0 atom stereocenters. The van der Waals surface area contributed by atoms with Crippen LogP contribution in [0, 0.1) is 6.92 Å². The maximum absolute atomic E-state index is 13.1. The Morgan fingerprint density at radius 1 is 0.958 bits per heavy atom.